The molecule has 2 aliphatic heterocycles. The molecule has 5 heterocycles. The molecule has 0 unspecified atom stereocenters. The van der Waals surface area contributed by atoms with Gasteiger partial charge in [-0.3, -0.25) is 4.79 Å². The Kier molecular flexibility index (Phi) is 5.86. The zero-order valence-corrected chi connectivity index (χ0v) is 19.2. The predicted molar refractivity (Wildman–Crippen MR) is 121 cm³/mol. The second-order valence-corrected chi connectivity index (χ2v) is 9.11. The first kappa shape index (κ1) is 23.1. The van der Waals surface area contributed by atoms with E-state index in [9.17, 15) is 18.0 Å². The Morgan fingerprint density at radius 1 is 1.11 bits per heavy atom. The van der Waals surface area contributed by atoms with Crippen molar-refractivity contribution in [3.8, 4) is 11.4 Å². The van der Waals surface area contributed by atoms with Gasteiger partial charge in [-0.05, 0) is 49.8 Å². The number of pyridine rings is 1. The van der Waals surface area contributed by atoms with Crippen LogP contribution >= 0.6 is 0 Å². The number of fused-ring (bicyclic) bond motifs is 2. The summed E-state index contributed by atoms with van der Waals surface area (Å²) in [6.07, 6.45) is 2.31. The van der Waals surface area contributed by atoms with Gasteiger partial charge in [0.05, 0.1) is 24.0 Å². The number of carbonyl (C=O) groups is 1. The van der Waals surface area contributed by atoms with Crippen molar-refractivity contribution in [3.63, 3.8) is 0 Å². The molecule has 35 heavy (non-hydrogen) atoms. The van der Waals surface area contributed by atoms with Crippen LogP contribution in [0.1, 0.15) is 41.6 Å². The smallest absolute Gasteiger partial charge is 0.367 e. The van der Waals surface area contributed by atoms with Crippen LogP contribution in [0.2, 0.25) is 0 Å². The summed E-state index contributed by atoms with van der Waals surface area (Å²) in [6.45, 7) is 4.27. The Labute approximate surface area is 200 Å². The lowest BCUT2D eigenvalue weighted by atomic mass is 9.64. The molecule has 1 aliphatic carbocycles. The van der Waals surface area contributed by atoms with Crippen LogP contribution in [-0.2, 0) is 6.18 Å². The van der Waals surface area contributed by atoms with E-state index in [0.717, 1.165) is 19.0 Å². The van der Waals surface area contributed by atoms with Crippen molar-refractivity contribution in [3.05, 3.63) is 60.1 Å². The molecule has 1 saturated carbocycles. The van der Waals surface area contributed by atoms with Gasteiger partial charge in [0.15, 0.2) is 11.5 Å². The highest BCUT2D eigenvalue weighted by Gasteiger charge is 2.51. The third kappa shape index (κ3) is 4.42. The molecule has 182 valence electrons. The first-order chi connectivity index (χ1) is 16.7. The van der Waals surface area contributed by atoms with E-state index in [1.165, 1.54) is 0 Å². The number of hydrogen-bond acceptors (Lipinski definition) is 7. The first-order valence-electron chi connectivity index (χ1n) is 11.4. The molecule has 3 aromatic rings. The van der Waals surface area contributed by atoms with E-state index in [4.69, 9.17) is 0 Å². The number of rotatable bonds is 5. The number of nitrogens with zero attached hydrogens (tertiary/aromatic N) is 6. The number of aryl methyl sites for hydroxylation is 1. The van der Waals surface area contributed by atoms with Crippen molar-refractivity contribution in [2.24, 2.45) is 11.8 Å². The Balaban J connectivity index is 1.41. The third-order valence-electron chi connectivity index (χ3n) is 6.96. The summed E-state index contributed by atoms with van der Waals surface area (Å²) in [5, 5.41) is 3.08. The molecule has 6 rings (SSSR count). The zero-order valence-electron chi connectivity index (χ0n) is 19.2. The van der Waals surface area contributed by atoms with Crippen LogP contribution in [0, 0.1) is 18.8 Å². The van der Waals surface area contributed by atoms with Crippen molar-refractivity contribution in [1.82, 2.24) is 29.8 Å². The van der Waals surface area contributed by atoms with E-state index in [2.05, 4.69) is 37.2 Å². The molecular weight excluding hydrogens is 459 g/mol. The molecule has 0 radical (unpaired) electrons. The quantitative estimate of drug-likeness (QED) is 0.586. The summed E-state index contributed by atoms with van der Waals surface area (Å²) < 4.78 is 38.4. The maximum Gasteiger partial charge on any atom is 0.434 e. The summed E-state index contributed by atoms with van der Waals surface area (Å²) in [7, 11) is 0. The van der Waals surface area contributed by atoms with Gasteiger partial charge in [0.2, 0.25) is 0 Å². The molecule has 3 aromatic heterocycles. The van der Waals surface area contributed by atoms with Crippen molar-refractivity contribution in [2.75, 3.05) is 11.9 Å². The standard InChI is InChI=1S/C24H24F3N7O/c1-13-4-5-17(22-28-6-3-7-29-22)21(33-13)23(35)34-16-8-15(9-16)14(2)18(34)10-31-20-12-30-19(11-32-20)24(25,26)27/h3-7,11-12,14-16,18H,8-10H2,1-2H3,(H,31,32)/t14-,15?,16?,18-/m1/s1. The fraction of sp³-hybridized carbons (Fsp3) is 0.417. The summed E-state index contributed by atoms with van der Waals surface area (Å²) in [4.78, 5) is 36.3. The third-order valence-corrected chi connectivity index (χ3v) is 6.96. The normalized spacial score (nSPS) is 23.5. The zero-order chi connectivity index (χ0) is 24.7. The monoisotopic (exact) mass is 483 g/mol. The SMILES string of the molecule is Cc1ccc(-c2ncccn2)c(C(=O)N2C3CC(C3)[C@@H](C)[C@H]2CNc2cnc(C(F)(F)F)cn2)n1. The van der Waals surface area contributed by atoms with E-state index in [-0.39, 0.29) is 29.7 Å². The number of hydrogen-bond donors (Lipinski definition) is 1. The van der Waals surface area contributed by atoms with Gasteiger partial charge in [-0.15, -0.1) is 0 Å². The fourth-order valence-corrected chi connectivity index (χ4v) is 4.96. The molecule has 11 heteroatoms. The topological polar surface area (TPSA) is 96.8 Å². The van der Waals surface area contributed by atoms with E-state index < -0.39 is 11.9 Å². The van der Waals surface area contributed by atoms with Crippen LogP contribution in [0.3, 0.4) is 0 Å². The number of alkyl halides is 3. The highest BCUT2D eigenvalue weighted by Crippen LogP contribution is 2.47. The van der Waals surface area contributed by atoms with Gasteiger partial charge in [-0.2, -0.15) is 13.2 Å². The van der Waals surface area contributed by atoms with Gasteiger partial charge in [-0.25, -0.2) is 24.9 Å². The molecule has 0 aromatic carbocycles. The largest absolute Gasteiger partial charge is 0.434 e. The highest BCUT2D eigenvalue weighted by molar-refractivity contribution is 5.98. The maximum absolute atomic E-state index is 13.9. The molecule has 2 saturated heterocycles. The van der Waals surface area contributed by atoms with Gasteiger partial charge in [0.1, 0.15) is 11.5 Å². The predicted octanol–water partition coefficient (Wildman–Crippen LogP) is 4.01. The molecule has 8 nitrogen and oxygen atoms in total. The molecule has 3 aliphatic rings. The number of halogens is 3. The number of aromatic nitrogens is 5. The summed E-state index contributed by atoms with van der Waals surface area (Å²) in [5.41, 5.74) is 0.524. The Morgan fingerprint density at radius 2 is 1.86 bits per heavy atom. The van der Waals surface area contributed by atoms with Gasteiger partial charge in [0.25, 0.3) is 5.91 Å². The fourth-order valence-electron chi connectivity index (χ4n) is 4.96. The number of anilines is 1. The number of nitrogens with one attached hydrogen (secondary N) is 1. The van der Waals surface area contributed by atoms with Crippen molar-refractivity contribution >= 4 is 11.7 Å². The Morgan fingerprint density at radius 3 is 2.51 bits per heavy atom. The van der Waals surface area contributed by atoms with Crippen molar-refractivity contribution < 1.29 is 18.0 Å². The van der Waals surface area contributed by atoms with E-state index in [0.29, 0.717) is 41.4 Å². The minimum Gasteiger partial charge on any atom is -0.367 e. The number of amides is 1. The van der Waals surface area contributed by atoms with Gasteiger partial charge in [-0.1, -0.05) is 6.92 Å². The van der Waals surface area contributed by atoms with Crippen LogP contribution in [0.4, 0.5) is 19.0 Å². The summed E-state index contributed by atoms with van der Waals surface area (Å²) in [5.74, 6) is 1.15. The molecule has 2 atom stereocenters. The second kappa shape index (κ2) is 8.86. The molecule has 0 spiro atoms. The minimum absolute atomic E-state index is 0.0843. The lowest BCUT2D eigenvalue weighted by molar-refractivity contribution is -0.141. The first-order valence-corrected chi connectivity index (χ1v) is 11.4. The van der Waals surface area contributed by atoms with Gasteiger partial charge < -0.3 is 10.2 Å². The summed E-state index contributed by atoms with van der Waals surface area (Å²) >= 11 is 0. The minimum atomic E-state index is -4.55. The van der Waals surface area contributed by atoms with Gasteiger partial charge >= 0.3 is 6.18 Å². The van der Waals surface area contributed by atoms with Crippen LogP contribution in [0.15, 0.2) is 43.0 Å². The van der Waals surface area contributed by atoms with E-state index in [1.807, 2.05) is 24.0 Å². The molecular formula is C24H24F3N7O. The van der Waals surface area contributed by atoms with Crippen LogP contribution in [0.5, 0.6) is 0 Å². The maximum atomic E-state index is 13.9. The Hall–Kier alpha value is -3.63. The molecule has 3 fully saturated rings. The van der Waals surface area contributed by atoms with E-state index in [1.54, 1.807) is 18.5 Å². The van der Waals surface area contributed by atoms with Crippen molar-refractivity contribution in [1.29, 1.82) is 0 Å². The highest BCUT2D eigenvalue weighted by atomic mass is 19.4. The Bertz CT molecular complexity index is 1210. The van der Waals surface area contributed by atoms with Crippen molar-refractivity contribution in [2.45, 2.75) is 44.9 Å². The van der Waals surface area contributed by atoms with Crippen LogP contribution in [-0.4, -0.2) is 54.4 Å². The molecule has 2 bridgehead atoms. The van der Waals surface area contributed by atoms with E-state index >= 15 is 0 Å². The average Bonchev–Trinajstić information content (AvgIpc) is 2.82. The van der Waals surface area contributed by atoms with Gasteiger partial charge in [0, 0.05) is 30.7 Å². The van der Waals surface area contributed by atoms with Crippen LogP contribution < -0.4 is 5.32 Å². The molecule has 1 N–H and O–H groups in total. The lowest BCUT2D eigenvalue weighted by Gasteiger charge is -2.57. The summed E-state index contributed by atoms with van der Waals surface area (Å²) in [6, 6.07) is 5.24. The number of piperidine rings is 2. The lowest BCUT2D eigenvalue weighted by Crippen LogP contribution is -2.64. The average molecular weight is 483 g/mol. The number of carbonyl (C=O) groups excluding carboxylic acids is 1. The second-order valence-electron chi connectivity index (χ2n) is 9.11. The molecule has 1 amide bonds. The van der Waals surface area contributed by atoms with Crippen LogP contribution in [0.25, 0.3) is 11.4 Å².